The first-order valence-electron chi connectivity index (χ1n) is 5.22. The van der Waals surface area contributed by atoms with Crippen LogP contribution in [0.4, 0.5) is 5.82 Å². The average Bonchev–Trinajstić information content (AvgIpc) is 2.50. The van der Waals surface area contributed by atoms with Crippen LogP contribution >= 0.6 is 27.5 Å². The number of nitrogens with two attached hydrogens (primary N) is 1. The second kappa shape index (κ2) is 4.70. The summed E-state index contributed by atoms with van der Waals surface area (Å²) in [7, 11) is 0. The molecule has 0 unspecified atom stereocenters. The third-order valence-electron chi connectivity index (χ3n) is 2.72. The summed E-state index contributed by atoms with van der Waals surface area (Å²) in [6.07, 6.45) is 0. The Balaban J connectivity index is 2.34. The van der Waals surface area contributed by atoms with Gasteiger partial charge in [0, 0.05) is 5.02 Å². The van der Waals surface area contributed by atoms with E-state index in [1.54, 1.807) is 4.68 Å². The van der Waals surface area contributed by atoms with Crippen LogP contribution in [0.3, 0.4) is 0 Å². The molecule has 0 aliphatic rings. The summed E-state index contributed by atoms with van der Waals surface area (Å²) < 4.78 is 2.65. The Labute approximate surface area is 114 Å². The monoisotopic (exact) mass is 313 g/mol. The second-order valence-electron chi connectivity index (χ2n) is 4.01. The van der Waals surface area contributed by atoms with Gasteiger partial charge in [0.15, 0.2) is 0 Å². The lowest BCUT2D eigenvalue weighted by atomic mass is 10.1. The summed E-state index contributed by atoms with van der Waals surface area (Å²) in [4.78, 5) is 0. The van der Waals surface area contributed by atoms with Gasteiger partial charge in [0.25, 0.3) is 0 Å². The SMILES string of the molecule is Cc1cc(Cl)ccc1Cn1nc(C)c(Br)c1N. The Hall–Kier alpha value is -1.00. The zero-order valence-corrected chi connectivity index (χ0v) is 12.0. The van der Waals surface area contributed by atoms with Crippen LogP contribution in [0.15, 0.2) is 22.7 Å². The number of nitrogen functional groups attached to an aromatic ring is 1. The zero-order chi connectivity index (χ0) is 12.6. The van der Waals surface area contributed by atoms with Crippen LogP contribution in [-0.4, -0.2) is 9.78 Å². The van der Waals surface area contributed by atoms with Crippen molar-refractivity contribution in [2.24, 2.45) is 0 Å². The van der Waals surface area contributed by atoms with Crippen LogP contribution in [0.5, 0.6) is 0 Å². The van der Waals surface area contributed by atoms with Gasteiger partial charge < -0.3 is 5.73 Å². The first-order chi connectivity index (χ1) is 7.99. The van der Waals surface area contributed by atoms with Crippen molar-refractivity contribution in [2.45, 2.75) is 20.4 Å². The molecule has 5 heteroatoms. The van der Waals surface area contributed by atoms with Crippen molar-refractivity contribution in [3.05, 3.63) is 44.5 Å². The highest BCUT2D eigenvalue weighted by atomic mass is 79.9. The summed E-state index contributed by atoms with van der Waals surface area (Å²) >= 11 is 9.34. The van der Waals surface area contributed by atoms with Crippen molar-refractivity contribution in [3.63, 3.8) is 0 Å². The van der Waals surface area contributed by atoms with E-state index in [-0.39, 0.29) is 0 Å². The van der Waals surface area contributed by atoms with E-state index in [1.165, 1.54) is 0 Å². The van der Waals surface area contributed by atoms with Crippen molar-refractivity contribution in [1.29, 1.82) is 0 Å². The van der Waals surface area contributed by atoms with Gasteiger partial charge in [0.2, 0.25) is 0 Å². The van der Waals surface area contributed by atoms with E-state index >= 15 is 0 Å². The van der Waals surface area contributed by atoms with Crippen LogP contribution in [0, 0.1) is 13.8 Å². The lowest BCUT2D eigenvalue weighted by Crippen LogP contribution is -2.07. The normalized spacial score (nSPS) is 10.8. The first kappa shape index (κ1) is 12.5. The van der Waals surface area contributed by atoms with Gasteiger partial charge in [-0.05, 0) is 53.0 Å². The molecule has 3 nitrogen and oxygen atoms in total. The molecule has 2 N–H and O–H groups in total. The van der Waals surface area contributed by atoms with Crippen LogP contribution in [0.25, 0.3) is 0 Å². The van der Waals surface area contributed by atoms with E-state index < -0.39 is 0 Å². The minimum Gasteiger partial charge on any atom is -0.383 e. The van der Waals surface area contributed by atoms with Crippen LogP contribution < -0.4 is 5.73 Å². The molecule has 2 rings (SSSR count). The van der Waals surface area contributed by atoms with E-state index in [9.17, 15) is 0 Å². The van der Waals surface area contributed by atoms with Crippen molar-refractivity contribution < 1.29 is 0 Å². The molecule has 0 atom stereocenters. The molecule has 0 fully saturated rings. The number of rotatable bonds is 2. The van der Waals surface area contributed by atoms with Gasteiger partial charge in [-0.3, -0.25) is 0 Å². The molecule has 0 saturated heterocycles. The molecule has 0 aliphatic heterocycles. The quantitative estimate of drug-likeness (QED) is 0.921. The Morgan fingerprint density at radius 1 is 1.41 bits per heavy atom. The lowest BCUT2D eigenvalue weighted by Gasteiger charge is -2.08. The van der Waals surface area contributed by atoms with E-state index in [1.807, 2.05) is 32.0 Å². The minimum atomic E-state index is 0.650. The molecule has 0 radical (unpaired) electrons. The van der Waals surface area contributed by atoms with Crippen LogP contribution in [-0.2, 0) is 6.54 Å². The number of aromatic nitrogens is 2. The number of hydrogen-bond donors (Lipinski definition) is 1. The van der Waals surface area contributed by atoms with Crippen molar-refractivity contribution in [3.8, 4) is 0 Å². The number of aryl methyl sites for hydroxylation is 2. The van der Waals surface area contributed by atoms with E-state index in [4.69, 9.17) is 17.3 Å². The molecule has 1 aromatic carbocycles. The molecule has 0 saturated carbocycles. The fraction of sp³-hybridized carbons (Fsp3) is 0.250. The molecule has 0 spiro atoms. The third-order valence-corrected chi connectivity index (χ3v) is 3.93. The van der Waals surface area contributed by atoms with Crippen LogP contribution in [0.2, 0.25) is 5.02 Å². The summed E-state index contributed by atoms with van der Waals surface area (Å²) in [6.45, 7) is 4.61. The molecule has 1 aromatic heterocycles. The predicted octanol–water partition coefficient (Wildman–Crippen LogP) is 3.55. The molecular weight excluding hydrogens is 302 g/mol. The Morgan fingerprint density at radius 2 is 2.12 bits per heavy atom. The topological polar surface area (TPSA) is 43.8 Å². The Bertz CT molecular complexity index is 563. The molecule has 1 heterocycles. The molecule has 17 heavy (non-hydrogen) atoms. The first-order valence-corrected chi connectivity index (χ1v) is 6.39. The van der Waals surface area contributed by atoms with Gasteiger partial charge in [-0.2, -0.15) is 5.10 Å². The fourth-order valence-electron chi connectivity index (χ4n) is 1.70. The van der Waals surface area contributed by atoms with Crippen molar-refractivity contribution in [2.75, 3.05) is 5.73 Å². The zero-order valence-electron chi connectivity index (χ0n) is 9.67. The highest BCUT2D eigenvalue weighted by Gasteiger charge is 2.10. The number of anilines is 1. The highest BCUT2D eigenvalue weighted by molar-refractivity contribution is 9.10. The summed E-state index contributed by atoms with van der Waals surface area (Å²) in [5.41, 5.74) is 9.16. The molecule has 0 aliphatic carbocycles. The molecule has 90 valence electrons. The van der Waals surface area contributed by atoms with Crippen molar-refractivity contribution in [1.82, 2.24) is 9.78 Å². The average molecular weight is 315 g/mol. The largest absolute Gasteiger partial charge is 0.383 e. The van der Waals surface area contributed by atoms with Gasteiger partial charge in [-0.1, -0.05) is 17.7 Å². The third kappa shape index (κ3) is 2.48. The maximum absolute atomic E-state index is 5.96. The van der Waals surface area contributed by atoms with E-state index in [0.29, 0.717) is 12.4 Å². The molecule has 0 bridgehead atoms. The van der Waals surface area contributed by atoms with Gasteiger partial charge in [0.05, 0.1) is 16.7 Å². The van der Waals surface area contributed by atoms with Gasteiger partial charge >= 0.3 is 0 Å². The van der Waals surface area contributed by atoms with E-state index in [2.05, 4.69) is 21.0 Å². The van der Waals surface area contributed by atoms with Gasteiger partial charge in [0.1, 0.15) is 5.82 Å². The maximum Gasteiger partial charge on any atom is 0.136 e. The van der Waals surface area contributed by atoms with Crippen LogP contribution in [0.1, 0.15) is 16.8 Å². The van der Waals surface area contributed by atoms with E-state index in [0.717, 1.165) is 26.3 Å². The smallest absolute Gasteiger partial charge is 0.136 e. The number of halogens is 2. The summed E-state index contributed by atoms with van der Waals surface area (Å²) in [5, 5.41) is 5.13. The number of hydrogen-bond acceptors (Lipinski definition) is 2. The fourth-order valence-corrected chi connectivity index (χ4v) is 2.21. The number of nitrogens with zero attached hydrogens (tertiary/aromatic N) is 2. The molecule has 2 aromatic rings. The minimum absolute atomic E-state index is 0.650. The van der Waals surface area contributed by atoms with Gasteiger partial charge in [-0.25, -0.2) is 4.68 Å². The highest BCUT2D eigenvalue weighted by Crippen LogP contribution is 2.24. The maximum atomic E-state index is 5.96. The Kier molecular flexibility index (Phi) is 3.45. The summed E-state index contributed by atoms with van der Waals surface area (Å²) in [6, 6.07) is 5.83. The predicted molar refractivity (Wildman–Crippen MR) is 74.4 cm³/mol. The molecule has 0 amide bonds. The Morgan fingerprint density at radius 3 is 2.65 bits per heavy atom. The standard InChI is InChI=1S/C12H13BrClN3/c1-7-5-10(14)4-3-9(7)6-17-12(15)11(13)8(2)16-17/h3-5H,6,15H2,1-2H3. The lowest BCUT2D eigenvalue weighted by molar-refractivity contribution is 0.686. The number of benzene rings is 1. The second-order valence-corrected chi connectivity index (χ2v) is 5.24. The summed E-state index contributed by atoms with van der Waals surface area (Å²) in [5.74, 6) is 0.650. The molecular formula is C12H13BrClN3. The van der Waals surface area contributed by atoms with Gasteiger partial charge in [-0.15, -0.1) is 0 Å². The van der Waals surface area contributed by atoms with Crippen molar-refractivity contribution >= 4 is 33.3 Å².